The molecule has 1 aliphatic rings. The maximum absolute atomic E-state index is 12.7. The van der Waals surface area contributed by atoms with Gasteiger partial charge in [-0.2, -0.15) is 0 Å². The third-order valence-corrected chi connectivity index (χ3v) is 5.23. The summed E-state index contributed by atoms with van der Waals surface area (Å²) < 4.78 is 7.81. The molecule has 1 saturated carbocycles. The lowest BCUT2D eigenvalue weighted by Crippen LogP contribution is -2.15. The van der Waals surface area contributed by atoms with E-state index in [1.54, 1.807) is 36.4 Å². The summed E-state index contributed by atoms with van der Waals surface area (Å²) in [5.41, 5.74) is 3.39. The highest BCUT2D eigenvalue weighted by Gasteiger charge is 2.29. The van der Waals surface area contributed by atoms with Gasteiger partial charge in [-0.15, -0.1) is 0 Å². The number of aromatic nitrogens is 2. The predicted octanol–water partition coefficient (Wildman–Crippen LogP) is 4.51. The fraction of sp³-hybridized carbons (Fsp3) is 0.160. The number of rotatable bonds is 7. The third-order valence-electron chi connectivity index (χ3n) is 5.23. The molecule has 2 N–H and O–H groups in total. The van der Waals surface area contributed by atoms with E-state index < -0.39 is 0 Å². The number of anilines is 2. The summed E-state index contributed by atoms with van der Waals surface area (Å²) in [6.45, 7) is 0.321. The molecule has 0 atom stereocenters. The molecule has 0 unspecified atom stereocenters. The lowest BCUT2D eigenvalue weighted by molar-refractivity contribution is -0.117. The Hall–Kier alpha value is -4.13. The number of imidazole rings is 1. The SMILES string of the molecule is O=C(Nc1cccc(OCc2cn3ccccc3n2)c1)c1cccc(NC(=O)C2CC2)c1. The van der Waals surface area contributed by atoms with E-state index in [1.807, 2.05) is 47.1 Å². The van der Waals surface area contributed by atoms with Crippen LogP contribution in [0.15, 0.2) is 79.1 Å². The number of hydrogen-bond donors (Lipinski definition) is 2. The van der Waals surface area contributed by atoms with Crippen LogP contribution < -0.4 is 15.4 Å². The van der Waals surface area contributed by atoms with Gasteiger partial charge in [0.25, 0.3) is 5.91 Å². The van der Waals surface area contributed by atoms with E-state index in [2.05, 4.69) is 15.6 Å². The Morgan fingerprint density at radius 1 is 0.969 bits per heavy atom. The summed E-state index contributed by atoms with van der Waals surface area (Å²) in [6.07, 6.45) is 5.73. The Kier molecular flexibility index (Phi) is 5.29. The van der Waals surface area contributed by atoms with Crippen LogP contribution in [0.3, 0.4) is 0 Å². The van der Waals surface area contributed by atoms with Gasteiger partial charge in [0.2, 0.25) is 5.91 Å². The van der Waals surface area contributed by atoms with Crippen molar-refractivity contribution >= 4 is 28.8 Å². The molecule has 4 aromatic rings. The minimum Gasteiger partial charge on any atom is -0.487 e. The molecule has 1 fully saturated rings. The fourth-order valence-corrected chi connectivity index (χ4v) is 3.41. The number of ether oxygens (including phenoxy) is 1. The Morgan fingerprint density at radius 2 is 1.78 bits per heavy atom. The molecule has 0 radical (unpaired) electrons. The maximum atomic E-state index is 12.7. The summed E-state index contributed by atoms with van der Waals surface area (Å²) in [7, 11) is 0. The minimum atomic E-state index is -0.259. The summed E-state index contributed by atoms with van der Waals surface area (Å²) >= 11 is 0. The Bertz CT molecular complexity index is 1260. The summed E-state index contributed by atoms with van der Waals surface area (Å²) in [4.78, 5) is 29.2. The van der Waals surface area contributed by atoms with Gasteiger partial charge in [0, 0.05) is 41.3 Å². The molecular formula is C25H22N4O3. The first-order chi connectivity index (χ1) is 15.6. The molecule has 5 rings (SSSR count). The molecule has 2 aromatic heterocycles. The van der Waals surface area contributed by atoms with Crippen molar-refractivity contribution in [2.75, 3.05) is 10.6 Å². The highest BCUT2D eigenvalue weighted by atomic mass is 16.5. The van der Waals surface area contributed by atoms with Gasteiger partial charge >= 0.3 is 0 Å². The maximum Gasteiger partial charge on any atom is 0.255 e. The van der Waals surface area contributed by atoms with E-state index in [-0.39, 0.29) is 17.7 Å². The number of benzene rings is 2. The van der Waals surface area contributed by atoms with Gasteiger partial charge in [-0.3, -0.25) is 9.59 Å². The van der Waals surface area contributed by atoms with Crippen LogP contribution in [0.1, 0.15) is 28.9 Å². The van der Waals surface area contributed by atoms with Gasteiger partial charge in [0.05, 0.1) is 5.69 Å². The largest absolute Gasteiger partial charge is 0.487 e. The van der Waals surface area contributed by atoms with Crippen molar-refractivity contribution in [3.8, 4) is 5.75 Å². The molecule has 160 valence electrons. The van der Waals surface area contributed by atoms with E-state index >= 15 is 0 Å². The van der Waals surface area contributed by atoms with E-state index in [0.717, 1.165) is 24.2 Å². The summed E-state index contributed by atoms with van der Waals surface area (Å²) in [5.74, 6) is 0.490. The van der Waals surface area contributed by atoms with Crippen LogP contribution in [0.5, 0.6) is 5.75 Å². The quantitative estimate of drug-likeness (QED) is 0.455. The van der Waals surface area contributed by atoms with Crippen molar-refractivity contribution in [2.45, 2.75) is 19.4 Å². The fourth-order valence-electron chi connectivity index (χ4n) is 3.41. The highest BCUT2D eigenvalue weighted by Crippen LogP contribution is 2.30. The van der Waals surface area contributed by atoms with Crippen molar-refractivity contribution in [1.29, 1.82) is 0 Å². The monoisotopic (exact) mass is 426 g/mol. The topological polar surface area (TPSA) is 84.7 Å². The average molecular weight is 426 g/mol. The second-order valence-electron chi connectivity index (χ2n) is 7.81. The molecule has 2 amide bonds. The van der Waals surface area contributed by atoms with Crippen LogP contribution in [0.4, 0.5) is 11.4 Å². The van der Waals surface area contributed by atoms with E-state index in [9.17, 15) is 9.59 Å². The molecule has 0 saturated heterocycles. The Labute approximate surface area is 185 Å². The minimum absolute atomic E-state index is 0.0121. The smallest absolute Gasteiger partial charge is 0.255 e. The number of nitrogens with zero attached hydrogens (tertiary/aromatic N) is 2. The molecule has 7 heteroatoms. The van der Waals surface area contributed by atoms with Crippen LogP contribution in [-0.2, 0) is 11.4 Å². The number of amides is 2. The standard InChI is InChI=1S/C25H22N4O3/c30-24(17-10-11-17)27-19-6-3-5-18(13-19)25(31)28-20-7-4-8-22(14-20)32-16-21-15-29-12-2-1-9-23(29)26-21/h1-9,12-15,17H,10-11,16H2,(H,27,30)(H,28,31). The molecule has 2 heterocycles. The summed E-state index contributed by atoms with van der Waals surface area (Å²) in [6, 6.07) is 20.0. The zero-order chi connectivity index (χ0) is 21.9. The third kappa shape index (κ3) is 4.62. The zero-order valence-electron chi connectivity index (χ0n) is 17.3. The van der Waals surface area contributed by atoms with Gasteiger partial charge < -0.3 is 19.8 Å². The van der Waals surface area contributed by atoms with Crippen LogP contribution in [0.2, 0.25) is 0 Å². The lowest BCUT2D eigenvalue weighted by Gasteiger charge is -2.10. The molecule has 1 aliphatic carbocycles. The lowest BCUT2D eigenvalue weighted by atomic mass is 10.1. The molecule has 2 aromatic carbocycles. The van der Waals surface area contributed by atoms with E-state index in [4.69, 9.17) is 4.74 Å². The van der Waals surface area contributed by atoms with Gasteiger partial charge in [-0.05, 0) is 55.3 Å². The normalized spacial score (nSPS) is 13.0. The van der Waals surface area contributed by atoms with Gasteiger partial charge in [-0.25, -0.2) is 4.98 Å². The van der Waals surface area contributed by atoms with Gasteiger partial charge in [0.1, 0.15) is 18.0 Å². The molecular weight excluding hydrogens is 404 g/mol. The number of carbonyl (C=O) groups excluding carboxylic acids is 2. The molecule has 0 aliphatic heterocycles. The second-order valence-corrected chi connectivity index (χ2v) is 7.81. The van der Waals surface area contributed by atoms with Crippen molar-refractivity contribution in [3.63, 3.8) is 0 Å². The van der Waals surface area contributed by atoms with E-state index in [1.165, 1.54) is 0 Å². The van der Waals surface area contributed by atoms with Crippen LogP contribution in [0, 0.1) is 5.92 Å². The number of fused-ring (bicyclic) bond motifs is 1. The first kappa shape index (κ1) is 19.8. The van der Waals surface area contributed by atoms with Crippen LogP contribution in [0.25, 0.3) is 5.65 Å². The average Bonchev–Trinajstić information content (AvgIpc) is 3.58. The van der Waals surface area contributed by atoms with Crippen LogP contribution in [-0.4, -0.2) is 21.2 Å². The number of hydrogen-bond acceptors (Lipinski definition) is 4. The zero-order valence-corrected chi connectivity index (χ0v) is 17.3. The molecule has 7 nitrogen and oxygen atoms in total. The first-order valence-electron chi connectivity index (χ1n) is 10.5. The van der Waals surface area contributed by atoms with Crippen molar-refractivity contribution < 1.29 is 14.3 Å². The second kappa shape index (κ2) is 8.55. The Balaban J connectivity index is 1.22. The predicted molar refractivity (Wildman–Crippen MR) is 122 cm³/mol. The summed E-state index contributed by atoms with van der Waals surface area (Å²) in [5, 5.41) is 5.75. The first-order valence-corrected chi connectivity index (χ1v) is 10.5. The van der Waals surface area contributed by atoms with Crippen molar-refractivity contribution in [3.05, 3.63) is 90.4 Å². The van der Waals surface area contributed by atoms with Gasteiger partial charge in [0.15, 0.2) is 0 Å². The number of carbonyl (C=O) groups is 2. The molecule has 0 bridgehead atoms. The van der Waals surface area contributed by atoms with Gasteiger partial charge in [-0.1, -0.05) is 18.2 Å². The number of pyridine rings is 1. The highest BCUT2D eigenvalue weighted by molar-refractivity contribution is 6.05. The Morgan fingerprint density at radius 3 is 2.59 bits per heavy atom. The van der Waals surface area contributed by atoms with E-state index in [0.29, 0.717) is 29.3 Å². The van der Waals surface area contributed by atoms with Crippen molar-refractivity contribution in [1.82, 2.24) is 9.38 Å². The van der Waals surface area contributed by atoms with Crippen LogP contribution >= 0.6 is 0 Å². The number of nitrogens with one attached hydrogen (secondary N) is 2. The molecule has 32 heavy (non-hydrogen) atoms. The molecule has 0 spiro atoms. The van der Waals surface area contributed by atoms with Crippen molar-refractivity contribution in [2.24, 2.45) is 5.92 Å².